The maximum absolute atomic E-state index is 13.9. The third-order valence-corrected chi connectivity index (χ3v) is 3.59. The van der Waals surface area contributed by atoms with E-state index >= 15 is 0 Å². The molecular formula is C13H11FN2O2S. The number of halogens is 1. The molecule has 0 aliphatic rings. The van der Waals surface area contributed by atoms with Crippen LogP contribution in [0.4, 0.5) is 4.39 Å². The Balaban J connectivity index is 2.05. The molecule has 0 radical (unpaired) electrons. The van der Waals surface area contributed by atoms with Gasteiger partial charge in [0.25, 0.3) is 0 Å². The highest BCUT2D eigenvalue weighted by atomic mass is 32.1. The van der Waals surface area contributed by atoms with Crippen molar-refractivity contribution in [2.45, 2.75) is 13.5 Å². The van der Waals surface area contributed by atoms with Crippen molar-refractivity contribution in [3.8, 4) is 11.6 Å². The largest absolute Gasteiger partial charge is 0.434 e. The van der Waals surface area contributed by atoms with Crippen molar-refractivity contribution in [2.24, 2.45) is 0 Å². The average Bonchev–Trinajstić information content (AvgIpc) is 2.95. The molecule has 0 aliphatic carbocycles. The molecular weight excluding hydrogens is 267 g/mol. The van der Waals surface area contributed by atoms with Crippen LogP contribution in [0, 0.1) is 12.7 Å². The quantitative estimate of drug-likeness (QED) is 0.800. The third kappa shape index (κ3) is 1.98. The van der Waals surface area contributed by atoms with Crippen LogP contribution in [-0.2, 0) is 6.61 Å². The van der Waals surface area contributed by atoms with Crippen LogP contribution in [-0.4, -0.2) is 14.5 Å². The Hall–Kier alpha value is -1.92. The Bertz CT molecular complexity index is 735. The van der Waals surface area contributed by atoms with Crippen LogP contribution >= 0.6 is 11.3 Å². The standard InChI is InChI=1S/C13H11FN2O2S/c1-8-3-2-4-10(11(8)14)18-12-9(7-17)16-5-6-19-13(16)15-12/h2-6,17H,7H2,1H3. The summed E-state index contributed by atoms with van der Waals surface area (Å²) in [5, 5.41) is 11.3. The zero-order valence-corrected chi connectivity index (χ0v) is 10.9. The monoisotopic (exact) mass is 278 g/mol. The van der Waals surface area contributed by atoms with Gasteiger partial charge in [0.1, 0.15) is 5.69 Å². The van der Waals surface area contributed by atoms with Crippen molar-refractivity contribution < 1.29 is 14.2 Å². The topological polar surface area (TPSA) is 46.8 Å². The number of aliphatic hydroxyl groups is 1. The summed E-state index contributed by atoms with van der Waals surface area (Å²) in [7, 11) is 0. The molecule has 1 aromatic carbocycles. The fraction of sp³-hybridized carbons (Fsp3) is 0.154. The first-order valence-electron chi connectivity index (χ1n) is 5.69. The number of fused-ring (bicyclic) bond motifs is 1. The van der Waals surface area contributed by atoms with E-state index in [1.165, 1.54) is 17.4 Å². The van der Waals surface area contributed by atoms with E-state index < -0.39 is 5.82 Å². The molecule has 3 aromatic rings. The Morgan fingerprint density at radius 3 is 3.11 bits per heavy atom. The Labute approximate surface area is 112 Å². The van der Waals surface area contributed by atoms with Crippen LogP contribution in [0.5, 0.6) is 11.6 Å². The van der Waals surface area contributed by atoms with Gasteiger partial charge in [-0.3, -0.25) is 4.40 Å². The molecule has 0 saturated heterocycles. The summed E-state index contributed by atoms with van der Waals surface area (Å²) in [6.07, 6.45) is 1.79. The van der Waals surface area contributed by atoms with E-state index in [-0.39, 0.29) is 18.2 Å². The molecule has 0 atom stereocenters. The van der Waals surface area contributed by atoms with Crippen LogP contribution in [0.1, 0.15) is 11.3 Å². The van der Waals surface area contributed by atoms with E-state index in [0.717, 1.165) is 0 Å². The smallest absolute Gasteiger partial charge is 0.244 e. The number of ether oxygens (including phenoxy) is 1. The van der Waals surface area contributed by atoms with E-state index in [9.17, 15) is 9.50 Å². The van der Waals surface area contributed by atoms with Crippen molar-refractivity contribution in [2.75, 3.05) is 0 Å². The number of thiazole rings is 1. The number of hydrogen-bond acceptors (Lipinski definition) is 4. The summed E-state index contributed by atoms with van der Waals surface area (Å²) >= 11 is 1.42. The fourth-order valence-electron chi connectivity index (χ4n) is 1.84. The molecule has 0 bridgehead atoms. The van der Waals surface area contributed by atoms with Gasteiger partial charge >= 0.3 is 0 Å². The van der Waals surface area contributed by atoms with Gasteiger partial charge in [0, 0.05) is 11.6 Å². The van der Waals surface area contributed by atoms with Gasteiger partial charge in [0.15, 0.2) is 16.5 Å². The van der Waals surface area contributed by atoms with Crippen molar-refractivity contribution >= 4 is 16.3 Å². The number of imidazole rings is 1. The summed E-state index contributed by atoms with van der Waals surface area (Å²) in [5.41, 5.74) is 1.02. The molecule has 0 unspecified atom stereocenters. The van der Waals surface area contributed by atoms with Crippen LogP contribution in [0.3, 0.4) is 0 Å². The zero-order valence-electron chi connectivity index (χ0n) is 10.1. The number of aliphatic hydroxyl groups excluding tert-OH is 1. The summed E-state index contributed by atoms with van der Waals surface area (Å²) in [4.78, 5) is 4.94. The van der Waals surface area contributed by atoms with E-state index in [4.69, 9.17) is 4.74 Å². The van der Waals surface area contributed by atoms with Crippen LogP contribution in [0.25, 0.3) is 4.96 Å². The third-order valence-electron chi connectivity index (χ3n) is 2.84. The zero-order chi connectivity index (χ0) is 13.4. The second-order valence-electron chi connectivity index (χ2n) is 4.07. The fourth-order valence-corrected chi connectivity index (χ4v) is 2.57. The van der Waals surface area contributed by atoms with Crippen LogP contribution in [0.15, 0.2) is 29.8 Å². The minimum absolute atomic E-state index is 0.112. The van der Waals surface area contributed by atoms with E-state index in [1.807, 2.05) is 5.38 Å². The molecule has 0 fully saturated rings. The van der Waals surface area contributed by atoms with Gasteiger partial charge < -0.3 is 9.84 Å². The predicted molar refractivity (Wildman–Crippen MR) is 70.2 cm³/mol. The second-order valence-corrected chi connectivity index (χ2v) is 4.94. The van der Waals surface area contributed by atoms with Crippen LogP contribution < -0.4 is 4.74 Å². The van der Waals surface area contributed by atoms with E-state index in [0.29, 0.717) is 16.2 Å². The van der Waals surface area contributed by atoms with Gasteiger partial charge in [-0.25, -0.2) is 4.39 Å². The first-order valence-corrected chi connectivity index (χ1v) is 6.57. The van der Waals surface area contributed by atoms with Gasteiger partial charge in [-0.2, -0.15) is 4.98 Å². The van der Waals surface area contributed by atoms with Gasteiger partial charge in [-0.1, -0.05) is 12.1 Å². The summed E-state index contributed by atoms with van der Waals surface area (Å²) in [5.74, 6) is -0.0675. The Kier molecular flexibility index (Phi) is 2.96. The minimum atomic E-state index is -0.414. The SMILES string of the molecule is Cc1cccc(Oc2nc3sccn3c2CO)c1F. The van der Waals surface area contributed by atoms with Crippen molar-refractivity contribution in [1.29, 1.82) is 0 Å². The lowest BCUT2D eigenvalue weighted by molar-refractivity contribution is 0.269. The molecule has 4 nitrogen and oxygen atoms in total. The highest BCUT2D eigenvalue weighted by Crippen LogP contribution is 2.30. The molecule has 6 heteroatoms. The summed E-state index contributed by atoms with van der Waals surface area (Å²) in [6, 6.07) is 4.92. The van der Waals surface area contributed by atoms with Gasteiger partial charge in [0.05, 0.1) is 6.61 Å². The first kappa shape index (κ1) is 12.1. The highest BCUT2D eigenvalue weighted by molar-refractivity contribution is 7.15. The maximum Gasteiger partial charge on any atom is 0.244 e. The van der Waals surface area contributed by atoms with E-state index in [2.05, 4.69) is 4.98 Å². The number of rotatable bonds is 3. The number of hydrogen-bond donors (Lipinski definition) is 1. The lowest BCUT2D eigenvalue weighted by Crippen LogP contribution is -1.96. The Morgan fingerprint density at radius 1 is 1.47 bits per heavy atom. The highest BCUT2D eigenvalue weighted by Gasteiger charge is 2.16. The molecule has 2 aromatic heterocycles. The predicted octanol–water partition coefficient (Wildman–Crippen LogP) is 3.13. The van der Waals surface area contributed by atoms with Crippen molar-refractivity contribution in [1.82, 2.24) is 9.38 Å². The summed E-state index contributed by atoms with van der Waals surface area (Å²) < 4.78 is 21.1. The summed E-state index contributed by atoms with van der Waals surface area (Å²) in [6.45, 7) is 1.45. The van der Waals surface area contributed by atoms with Crippen LogP contribution in [0.2, 0.25) is 0 Å². The molecule has 0 aliphatic heterocycles. The molecule has 0 spiro atoms. The molecule has 2 heterocycles. The number of benzene rings is 1. The number of nitrogens with zero attached hydrogens (tertiary/aromatic N) is 2. The molecule has 0 amide bonds. The van der Waals surface area contributed by atoms with Crippen molar-refractivity contribution in [3.05, 3.63) is 46.9 Å². The normalized spacial score (nSPS) is 11.1. The Morgan fingerprint density at radius 2 is 2.32 bits per heavy atom. The second kappa shape index (κ2) is 4.64. The number of aromatic nitrogens is 2. The maximum atomic E-state index is 13.9. The van der Waals surface area contributed by atoms with E-state index in [1.54, 1.807) is 29.7 Å². The molecule has 98 valence electrons. The van der Waals surface area contributed by atoms with Gasteiger partial charge in [-0.05, 0) is 18.6 Å². The molecule has 0 saturated carbocycles. The molecule has 3 rings (SSSR count). The lowest BCUT2D eigenvalue weighted by atomic mass is 10.2. The minimum Gasteiger partial charge on any atom is -0.434 e. The average molecular weight is 278 g/mol. The number of aryl methyl sites for hydroxylation is 1. The molecule has 19 heavy (non-hydrogen) atoms. The first-order chi connectivity index (χ1) is 9.20. The lowest BCUT2D eigenvalue weighted by Gasteiger charge is -2.06. The van der Waals surface area contributed by atoms with Gasteiger partial charge in [-0.15, -0.1) is 11.3 Å². The van der Waals surface area contributed by atoms with Crippen molar-refractivity contribution in [3.63, 3.8) is 0 Å². The molecule has 1 N–H and O–H groups in total. The van der Waals surface area contributed by atoms with Gasteiger partial charge in [0.2, 0.25) is 5.88 Å².